The molecule has 0 saturated carbocycles. The van der Waals surface area contributed by atoms with E-state index in [4.69, 9.17) is 12.6 Å². The molecule has 2 N–H and O–H groups in total. The first-order valence-electron chi connectivity index (χ1n) is 14.1. The molecule has 0 unspecified atom stereocenters. The lowest BCUT2D eigenvalue weighted by Gasteiger charge is -2.30. The molecule has 0 radical (unpaired) electrons. The van der Waals surface area contributed by atoms with Crippen LogP contribution in [0.25, 0.3) is 22.2 Å². The molecule has 1 aromatic carbocycles. The van der Waals surface area contributed by atoms with Gasteiger partial charge < -0.3 is 15.5 Å². The molecule has 3 aromatic heterocycles. The molecule has 10 nitrogen and oxygen atoms in total. The molecule has 1 atom stereocenters. The average Bonchev–Trinajstić information content (AvgIpc) is 3.03. The van der Waals surface area contributed by atoms with Crippen LogP contribution >= 0.6 is 12.6 Å². The van der Waals surface area contributed by atoms with Crippen LogP contribution in [0.2, 0.25) is 0 Å². The number of nitrogens with zero attached hydrogens (tertiary/aromatic N) is 6. The van der Waals surface area contributed by atoms with Crippen LogP contribution in [0.3, 0.4) is 0 Å². The Kier molecular flexibility index (Phi) is 8.96. The highest BCUT2D eigenvalue weighted by molar-refractivity contribution is 7.80. The quantitative estimate of drug-likeness (QED) is 0.253. The third kappa shape index (κ3) is 6.35. The van der Waals surface area contributed by atoms with Gasteiger partial charge >= 0.3 is 0 Å². The number of aromatic nitrogens is 5. The Morgan fingerprint density at radius 3 is 2.52 bits per heavy atom. The lowest BCUT2D eigenvalue weighted by molar-refractivity contribution is -0.130. The van der Waals surface area contributed by atoms with E-state index in [-0.39, 0.29) is 11.8 Å². The topological polar surface area (TPSA) is 126 Å². The molecule has 0 aliphatic carbocycles. The molecule has 1 saturated heterocycles. The number of rotatable bonds is 9. The number of benzene rings is 1. The number of pyridine rings is 1. The molecule has 1 fully saturated rings. The molecular formula is C31H36N8O2S. The molecular weight excluding hydrogens is 548 g/mol. The predicted octanol–water partition coefficient (Wildman–Crippen LogP) is 3.94. The highest BCUT2D eigenvalue weighted by Gasteiger charge is 2.29. The van der Waals surface area contributed by atoms with E-state index in [1.807, 2.05) is 41.6 Å². The number of nitrogens with one attached hydrogen (secondary N) is 2. The maximum atomic E-state index is 12.5. The lowest BCUT2D eigenvalue weighted by Crippen LogP contribution is -2.37. The molecule has 5 rings (SSSR count). The number of fused-ring (bicyclic) bond motifs is 1. The first-order chi connectivity index (χ1) is 20.3. The Morgan fingerprint density at radius 2 is 1.83 bits per heavy atom. The minimum Gasteiger partial charge on any atom is -0.369 e. The highest BCUT2D eigenvalue weighted by Crippen LogP contribution is 2.32. The molecule has 218 valence electrons. The summed E-state index contributed by atoms with van der Waals surface area (Å²) < 4.78 is 0. The molecule has 1 aliphatic heterocycles. The van der Waals surface area contributed by atoms with Gasteiger partial charge in [0.15, 0.2) is 0 Å². The fourth-order valence-corrected chi connectivity index (χ4v) is 5.71. The summed E-state index contributed by atoms with van der Waals surface area (Å²) in [5, 5.41) is 6.97. The van der Waals surface area contributed by atoms with Gasteiger partial charge in [0.25, 0.3) is 5.91 Å². The van der Waals surface area contributed by atoms with Gasteiger partial charge in [0, 0.05) is 86.8 Å². The second-order valence-corrected chi connectivity index (χ2v) is 11.4. The van der Waals surface area contributed by atoms with Gasteiger partial charge in [0.05, 0.1) is 16.8 Å². The summed E-state index contributed by atoms with van der Waals surface area (Å²) in [4.78, 5) is 48.7. The van der Waals surface area contributed by atoms with Crippen LogP contribution in [0.4, 0.5) is 5.82 Å². The number of hydrogen-bond donors (Lipinski definition) is 3. The van der Waals surface area contributed by atoms with Crippen molar-refractivity contribution in [3.8, 4) is 11.3 Å². The van der Waals surface area contributed by atoms with Gasteiger partial charge in [-0.3, -0.25) is 14.6 Å². The standard InChI is InChI=1S/C31H36N8O2S/c1-20(40)39-11-8-21(9-12-39)13-27-34-15-22(16-35-27)26-14-28(38-19-37-26)36-17-31(2,18-42)25-6-4-5-23-24(30(41)32-3)7-10-33-29(23)25/h4-7,10,14-16,19,21,42H,8-9,11-13,17-18H2,1-3H3,(H,32,41)(H,36,37,38)/t31-/m1/s1. The van der Waals surface area contributed by atoms with E-state index in [9.17, 15) is 9.59 Å². The average molecular weight is 585 g/mol. The normalized spacial score (nSPS) is 15.3. The number of thiol groups is 1. The largest absolute Gasteiger partial charge is 0.369 e. The van der Waals surface area contributed by atoms with Crippen molar-refractivity contribution in [1.82, 2.24) is 35.1 Å². The summed E-state index contributed by atoms with van der Waals surface area (Å²) in [7, 11) is 1.62. The maximum Gasteiger partial charge on any atom is 0.251 e. The summed E-state index contributed by atoms with van der Waals surface area (Å²) in [6.45, 7) is 5.89. The van der Waals surface area contributed by atoms with Crippen LogP contribution in [-0.4, -0.2) is 74.1 Å². The molecule has 0 spiro atoms. The van der Waals surface area contributed by atoms with Crippen molar-refractivity contribution in [2.75, 3.05) is 37.8 Å². The Bertz CT molecular complexity index is 1570. The van der Waals surface area contributed by atoms with Crippen molar-refractivity contribution < 1.29 is 9.59 Å². The van der Waals surface area contributed by atoms with Crippen molar-refractivity contribution in [2.45, 2.75) is 38.5 Å². The van der Waals surface area contributed by atoms with Gasteiger partial charge in [0.2, 0.25) is 5.91 Å². The van der Waals surface area contributed by atoms with Crippen molar-refractivity contribution in [2.24, 2.45) is 5.92 Å². The fourth-order valence-electron chi connectivity index (χ4n) is 5.43. The minimum atomic E-state index is -0.409. The van der Waals surface area contributed by atoms with E-state index in [0.29, 0.717) is 29.6 Å². The Balaban J connectivity index is 1.28. The molecule has 4 aromatic rings. The van der Waals surface area contributed by atoms with Gasteiger partial charge in [-0.25, -0.2) is 19.9 Å². The van der Waals surface area contributed by atoms with Crippen LogP contribution in [0.1, 0.15) is 48.4 Å². The zero-order valence-corrected chi connectivity index (χ0v) is 25.1. The second kappa shape index (κ2) is 12.8. The smallest absolute Gasteiger partial charge is 0.251 e. The SMILES string of the molecule is CNC(=O)c1ccnc2c([C@@](C)(CS)CNc3cc(-c4cnc(CC5CCN(C(C)=O)CC5)nc4)ncn3)cccc12. The first kappa shape index (κ1) is 29.4. The number of piperidine rings is 1. The van der Waals surface area contributed by atoms with Gasteiger partial charge in [0.1, 0.15) is 18.0 Å². The molecule has 42 heavy (non-hydrogen) atoms. The van der Waals surface area contributed by atoms with E-state index < -0.39 is 5.41 Å². The summed E-state index contributed by atoms with van der Waals surface area (Å²) in [5.74, 6) is 2.51. The maximum absolute atomic E-state index is 12.5. The van der Waals surface area contributed by atoms with Crippen molar-refractivity contribution in [3.63, 3.8) is 0 Å². The van der Waals surface area contributed by atoms with E-state index >= 15 is 0 Å². The van der Waals surface area contributed by atoms with Gasteiger partial charge in [-0.1, -0.05) is 25.1 Å². The summed E-state index contributed by atoms with van der Waals surface area (Å²) in [6, 6.07) is 9.54. The zero-order chi connectivity index (χ0) is 29.7. The Morgan fingerprint density at radius 1 is 1.07 bits per heavy atom. The molecule has 4 heterocycles. The Hall–Kier alpha value is -4.12. The van der Waals surface area contributed by atoms with Crippen LogP contribution < -0.4 is 10.6 Å². The molecule has 2 amide bonds. The fraction of sp³-hybridized carbons (Fsp3) is 0.387. The lowest BCUT2D eigenvalue weighted by atomic mass is 9.82. The molecule has 11 heteroatoms. The minimum absolute atomic E-state index is 0.144. The number of likely N-dealkylation sites (tertiary alicyclic amines) is 1. The van der Waals surface area contributed by atoms with Crippen LogP contribution in [0, 0.1) is 5.92 Å². The van der Waals surface area contributed by atoms with Gasteiger partial charge in [-0.05, 0) is 30.4 Å². The number of carbonyl (C=O) groups is 2. The number of para-hydroxylation sites is 1. The zero-order valence-electron chi connectivity index (χ0n) is 24.2. The van der Waals surface area contributed by atoms with Gasteiger partial charge in [-0.2, -0.15) is 12.6 Å². The number of carbonyl (C=O) groups excluding carboxylic acids is 2. The number of hydrogen-bond acceptors (Lipinski definition) is 9. The van der Waals surface area contributed by atoms with Crippen molar-refractivity contribution >= 4 is 41.2 Å². The van der Waals surface area contributed by atoms with Gasteiger partial charge in [-0.15, -0.1) is 0 Å². The molecule has 0 bridgehead atoms. The van der Waals surface area contributed by atoms with Crippen molar-refractivity contribution in [1.29, 1.82) is 0 Å². The Labute approximate surface area is 251 Å². The number of anilines is 1. The summed E-state index contributed by atoms with van der Waals surface area (Å²) in [5.41, 5.74) is 3.50. The third-order valence-electron chi connectivity index (χ3n) is 8.10. The van der Waals surface area contributed by atoms with Crippen molar-refractivity contribution in [3.05, 3.63) is 72.2 Å². The van der Waals surface area contributed by atoms with E-state index in [1.54, 1.807) is 26.2 Å². The van der Waals surface area contributed by atoms with Crippen LogP contribution in [0.15, 0.2) is 55.2 Å². The highest BCUT2D eigenvalue weighted by atomic mass is 32.1. The van der Waals surface area contributed by atoms with E-state index in [0.717, 1.165) is 65.9 Å². The molecule has 1 aliphatic rings. The number of amides is 2. The summed E-state index contributed by atoms with van der Waals surface area (Å²) >= 11 is 4.70. The van der Waals surface area contributed by atoms with E-state index in [1.165, 1.54) is 6.33 Å². The predicted molar refractivity (Wildman–Crippen MR) is 167 cm³/mol. The monoisotopic (exact) mass is 584 g/mol. The summed E-state index contributed by atoms with van der Waals surface area (Å²) in [6.07, 6.45) is 9.57. The second-order valence-electron chi connectivity index (χ2n) is 11.0. The van der Waals surface area contributed by atoms with Crippen LogP contribution in [0.5, 0.6) is 0 Å². The van der Waals surface area contributed by atoms with Crippen LogP contribution in [-0.2, 0) is 16.6 Å². The third-order valence-corrected chi connectivity index (χ3v) is 8.80. The first-order valence-corrected chi connectivity index (χ1v) is 14.8. The van der Waals surface area contributed by atoms with E-state index in [2.05, 4.69) is 42.5 Å².